The van der Waals surface area contributed by atoms with Gasteiger partial charge in [0.05, 0.1) is 16.6 Å². The second-order valence-electron chi connectivity index (χ2n) is 6.89. The lowest BCUT2D eigenvalue weighted by Crippen LogP contribution is -2.29. The van der Waals surface area contributed by atoms with Gasteiger partial charge in [0.1, 0.15) is 11.6 Å². The van der Waals surface area contributed by atoms with Crippen LogP contribution in [0.5, 0.6) is 0 Å². The van der Waals surface area contributed by atoms with Crippen LogP contribution >= 0.6 is 11.6 Å². The van der Waals surface area contributed by atoms with Crippen molar-refractivity contribution in [3.63, 3.8) is 0 Å². The van der Waals surface area contributed by atoms with E-state index in [-0.39, 0.29) is 17.1 Å². The van der Waals surface area contributed by atoms with Crippen LogP contribution in [0.25, 0.3) is 11.0 Å². The van der Waals surface area contributed by atoms with Crippen molar-refractivity contribution >= 4 is 28.5 Å². The van der Waals surface area contributed by atoms with E-state index in [0.29, 0.717) is 33.8 Å². The van der Waals surface area contributed by atoms with Gasteiger partial charge in [-0.3, -0.25) is 14.6 Å². The molecule has 4 aromatic rings. The summed E-state index contributed by atoms with van der Waals surface area (Å²) in [6.07, 6.45) is 1.65. The number of pyridine rings is 1. The molecule has 1 amide bonds. The van der Waals surface area contributed by atoms with Crippen molar-refractivity contribution in [1.29, 1.82) is 0 Å². The molecule has 2 aromatic heterocycles. The fourth-order valence-electron chi connectivity index (χ4n) is 3.78. The number of halogens is 1. The smallest absolute Gasteiger partial charge is 0.291 e. The zero-order valence-corrected chi connectivity index (χ0v) is 16.0. The Kier molecular flexibility index (Phi) is 4.18. The van der Waals surface area contributed by atoms with E-state index in [4.69, 9.17) is 16.0 Å². The second kappa shape index (κ2) is 6.87. The number of hydrogen-bond donors (Lipinski definition) is 0. The molecule has 1 aliphatic heterocycles. The van der Waals surface area contributed by atoms with E-state index in [2.05, 4.69) is 4.98 Å². The van der Waals surface area contributed by atoms with Gasteiger partial charge in [-0.25, -0.2) is 0 Å². The van der Waals surface area contributed by atoms with Gasteiger partial charge in [0.25, 0.3) is 5.91 Å². The lowest BCUT2D eigenvalue weighted by atomic mass is 10.0. The maximum Gasteiger partial charge on any atom is 0.291 e. The SMILES string of the molecule is O=C1c2oc3ccc(Cl)cc3c(=O)c2[C@H](c2ccccn2)N1Cc1ccccc1. The van der Waals surface area contributed by atoms with E-state index in [0.717, 1.165) is 5.56 Å². The van der Waals surface area contributed by atoms with Crippen molar-refractivity contribution in [2.24, 2.45) is 0 Å². The summed E-state index contributed by atoms with van der Waals surface area (Å²) < 4.78 is 5.89. The van der Waals surface area contributed by atoms with Crippen molar-refractivity contribution in [2.45, 2.75) is 12.6 Å². The fraction of sp³-hybridized carbons (Fsp3) is 0.0870. The maximum atomic E-state index is 13.4. The summed E-state index contributed by atoms with van der Waals surface area (Å²) >= 11 is 6.09. The molecule has 0 saturated carbocycles. The summed E-state index contributed by atoms with van der Waals surface area (Å²) in [5.74, 6) is -0.259. The molecule has 6 heteroatoms. The maximum absolute atomic E-state index is 13.4. The Labute approximate surface area is 171 Å². The first kappa shape index (κ1) is 17.6. The summed E-state index contributed by atoms with van der Waals surface area (Å²) in [5, 5.41) is 0.788. The fourth-order valence-corrected chi connectivity index (χ4v) is 3.95. The first-order chi connectivity index (χ1) is 14.1. The average molecular weight is 403 g/mol. The molecule has 1 aliphatic rings. The van der Waals surface area contributed by atoms with Gasteiger partial charge >= 0.3 is 0 Å². The Morgan fingerprint density at radius 3 is 2.55 bits per heavy atom. The van der Waals surface area contributed by atoms with Crippen molar-refractivity contribution in [3.05, 3.63) is 111 Å². The molecule has 0 bridgehead atoms. The van der Waals surface area contributed by atoms with Crippen LogP contribution in [0.4, 0.5) is 0 Å². The molecule has 0 radical (unpaired) electrons. The molecule has 5 nitrogen and oxygen atoms in total. The van der Waals surface area contributed by atoms with Gasteiger partial charge in [0, 0.05) is 17.8 Å². The molecule has 5 rings (SSSR count). The Hall–Kier alpha value is -3.44. The number of carbonyl (C=O) groups is 1. The molecular formula is C23H15ClN2O3. The predicted molar refractivity (Wildman–Crippen MR) is 110 cm³/mol. The number of benzene rings is 2. The van der Waals surface area contributed by atoms with Gasteiger partial charge in [0.15, 0.2) is 5.43 Å². The Bertz CT molecular complexity index is 1290. The minimum Gasteiger partial charge on any atom is -0.450 e. The number of fused-ring (bicyclic) bond motifs is 2. The highest BCUT2D eigenvalue weighted by Crippen LogP contribution is 2.38. The molecular weight excluding hydrogens is 388 g/mol. The van der Waals surface area contributed by atoms with Gasteiger partial charge in [-0.1, -0.05) is 48.0 Å². The van der Waals surface area contributed by atoms with E-state index in [1.54, 1.807) is 35.4 Å². The molecule has 0 unspecified atom stereocenters. The summed E-state index contributed by atoms with van der Waals surface area (Å²) in [7, 11) is 0. The van der Waals surface area contributed by atoms with E-state index < -0.39 is 6.04 Å². The predicted octanol–water partition coefficient (Wildman–Crippen LogP) is 4.59. The molecule has 0 saturated heterocycles. The van der Waals surface area contributed by atoms with E-state index in [1.165, 1.54) is 0 Å². The molecule has 3 heterocycles. The minimum atomic E-state index is -0.626. The third-order valence-corrected chi connectivity index (χ3v) is 5.33. The summed E-state index contributed by atoms with van der Waals surface area (Å²) in [4.78, 5) is 32.7. The van der Waals surface area contributed by atoms with Crippen LogP contribution in [0.2, 0.25) is 5.02 Å². The highest BCUT2D eigenvalue weighted by molar-refractivity contribution is 6.31. The number of carbonyl (C=O) groups excluding carboxylic acids is 1. The number of nitrogens with zero attached hydrogens (tertiary/aromatic N) is 2. The zero-order chi connectivity index (χ0) is 20.0. The number of hydrogen-bond acceptors (Lipinski definition) is 4. The van der Waals surface area contributed by atoms with Crippen LogP contribution in [0.3, 0.4) is 0 Å². The van der Waals surface area contributed by atoms with Gasteiger partial charge in [-0.15, -0.1) is 0 Å². The molecule has 142 valence electrons. The standard InChI is InChI=1S/C23H15ClN2O3/c24-15-9-10-18-16(12-15)21(27)19-20(17-8-4-5-11-25-17)26(23(28)22(19)29-18)13-14-6-2-1-3-7-14/h1-12,20H,13H2/t20-/m0/s1. The molecule has 1 atom stereocenters. The van der Waals surface area contributed by atoms with Crippen LogP contribution in [-0.2, 0) is 6.54 Å². The van der Waals surface area contributed by atoms with Gasteiger partial charge in [-0.05, 0) is 35.9 Å². The van der Waals surface area contributed by atoms with Crippen LogP contribution in [-0.4, -0.2) is 15.8 Å². The van der Waals surface area contributed by atoms with Crippen LogP contribution in [0.1, 0.15) is 33.4 Å². The second-order valence-corrected chi connectivity index (χ2v) is 7.33. The number of amides is 1. The van der Waals surface area contributed by atoms with Crippen molar-refractivity contribution in [3.8, 4) is 0 Å². The van der Waals surface area contributed by atoms with Crippen molar-refractivity contribution in [1.82, 2.24) is 9.88 Å². The average Bonchev–Trinajstić information content (AvgIpc) is 3.02. The molecule has 2 aromatic carbocycles. The first-order valence-electron chi connectivity index (χ1n) is 9.15. The van der Waals surface area contributed by atoms with Gasteiger partial charge in [-0.2, -0.15) is 0 Å². The van der Waals surface area contributed by atoms with Crippen molar-refractivity contribution in [2.75, 3.05) is 0 Å². The number of rotatable bonds is 3. The Morgan fingerprint density at radius 1 is 1.00 bits per heavy atom. The Morgan fingerprint density at radius 2 is 1.79 bits per heavy atom. The van der Waals surface area contributed by atoms with Crippen LogP contribution < -0.4 is 5.43 Å². The lowest BCUT2D eigenvalue weighted by Gasteiger charge is -2.24. The number of aromatic nitrogens is 1. The van der Waals surface area contributed by atoms with Crippen LogP contribution in [0, 0.1) is 0 Å². The third kappa shape index (κ3) is 2.91. The molecule has 29 heavy (non-hydrogen) atoms. The van der Waals surface area contributed by atoms with Crippen molar-refractivity contribution < 1.29 is 9.21 Å². The van der Waals surface area contributed by atoms with Gasteiger partial charge in [0.2, 0.25) is 5.76 Å². The highest BCUT2D eigenvalue weighted by atomic mass is 35.5. The largest absolute Gasteiger partial charge is 0.450 e. The summed E-state index contributed by atoms with van der Waals surface area (Å²) in [6, 6.07) is 19.3. The Balaban J connectivity index is 1.74. The van der Waals surface area contributed by atoms with Gasteiger partial charge < -0.3 is 9.32 Å². The molecule has 0 N–H and O–H groups in total. The molecule has 0 aliphatic carbocycles. The highest BCUT2D eigenvalue weighted by Gasteiger charge is 2.43. The topological polar surface area (TPSA) is 63.4 Å². The monoisotopic (exact) mass is 402 g/mol. The van der Waals surface area contributed by atoms with Crippen LogP contribution in [0.15, 0.2) is 82.1 Å². The molecule has 0 fully saturated rings. The first-order valence-corrected chi connectivity index (χ1v) is 9.53. The summed E-state index contributed by atoms with van der Waals surface area (Å²) in [6.45, 7) is 0.335. The lowest BCUT2D eigenvalue weighted by molar-refractivity contribution is 0.0712. The van der Waals surface area contributed by atoms with E-state index >= 15 is 0 Å². The third-order valence-electron chi connectivity index (χ3n) is 5.09. The summed E-state index contributed by atoms with van der Waals surface area (Å²) in [5.41, 5.74) is 1.95. The van der Waals surface area contributed by atoms with E-state index in [9.17, 15) is 9.59 Å². The zero-order valence-electron chi connectivity index (χ0n) is 15.2. The van der Waals surface area contributed by atoms with E-state index in [1.807, 2.05) is 42.5 Å². The normalized spacial score (nSPS) is 15.7. The molecule has 0 spiro atoms. The minimum absolute atomic E-state index is 0.0661. The quantitative estimate of drug-likeness (QED) is 0.503.